The molecule has 5 nitrogen and oxygen atoms in total. The van der Waals surface area contributed by atoms with Gasteiger partial charge >= 0.3 is 5.97 Å². The molecular formula is C20H18INO4. The fraction of sp³-hybridized carbons (Fsp3) is 0.250. The summed E-state index contributed by atoms with van der Waals surface area (Å²) in [5, 5.41) is 2.61. The number of nitrogens with one attached hydrogen (secondary N) is 1. The first-order valence-corrected chi connectivity index (χ1v) is 9.24. The number of fused-ring (bicyclic) bond motifs is 1. The highest BCUT2D eigenvalue weighted by Gasteiger charge is 2.28. The van der Waals surface area contributed by atoms with E-state index in [9.17, 15) is 14.4 Å². The zero-order chi connectivity index (χ0) is 18.9. The predicted octanol–water partition coefficient (Wildman–Crippen LogP) is 3.84. The number of carbonyl (C=O) groups excluding carboxylic acids is 3. The van der Waals surface area contributed by atoms with Crippen LogP contribution in [0.4, 0.5) is 5.69 Å². The van der Waals surface area contributed by atoms with Gasteiger partial charge < -0.3 is 10.1 Å². The van der Waals surface area contributed by atoms with Crippen molar-refractivity contribution < 1.29 is 19.1 Å². The summed E-state index contributed by atoms with van der Waals surface area (Å²) in [6.07, 6.45) is 0.103. The molecule has 134 valence electrons. The van der Waals surface area contributed by atoms with Crippen molar-refractivity contribution in [1.29, 1.82) is 0 Å². The summed E-state index contributed by atoms with van der Waals surface area (Å²) in [4.78, 5) is 36.2. The number of halogens is 1. The lowest BCUT2D eigenvalue weighted by Crippen LogP contribution is -2.30. The maximum Gasteiger partial charge on any atom is 0.338 e. The number of esters is 1. The smallest absolute Gasteiger partial charge is 0.338 e. The van der Waals surface area contributed by atoms with E-state index >= 15 is 0 Å². The molecule has 0 aliphatic carbocycles. The van der Waals surface area contributed by atoms with E-state index in [1.807, 2.05) is 38.1 Å². The van der Waals surface area contributed by atoms with E-state index in [4.69, 9.17) is 4.74 Å². The molecule has 3 rings (SSSR count). The average molecular weight is 463 g/mol. The van der Waals surface area contributed by atoms with E-state index in [1.54, 1.807) is 18.2 Å². The Hall–Kier alpha value is -2.22. The van der Waals surface area contributed by atoms with Crippen molar-refractivity contribution >= 4 is 45.9 Å². The lowest BCUT2D eigenvalue weighted by Gasteiger charge is -2.24. The van der Waals surface area contributed by atoms with Gasteiger partial charge in [0.25, 0.3) is 5.91 Å². The first kappa shape index (κ1) is 18.6. The van der Waals surface area contributed by atoms with Crippen molar-refractivity contribution in [3.63, 3.8) is 0 Å². The number of rotatable bonds is 5. The number of ether oxygens (including phenoxy) is 1. The summed E-state index contributed by atoms with van der Waals surface area (Å²) in [7, 11) is 0. The Morgan fingerprint density at radius 2 is 1.96 bits per heavy atom. The van der Waals surface area contributed by atoms with Gasteiger partial charge in [0, 0.05) is 21.2 Å². The van der Waals surface area contributed by atoms with E-state index < -0.39 is 17.1 Å². The van der Waals surface area contributed by atoms with Gasteiger partial charge in [-0.15, -0.1) is 0 Å². The topological polar surface area (TPSA) is 72.5 Å². The minimum atomic E-state index is -0.658. The molecule has 26 heavy (non-hydrogen) atoms. The molecule has 0 atom stereocenters. The Morgan fingerprint density at radius 3 is 2.69 bits per heavy atom. The van der Waals surface area contributed by atoms with Crippen LogP contribution in [0.5, 0.6) is 0 Å². The third-order valence-electron chi connectivity index (χ3n) is 4.40. The summed E-state index contributed by atoms with van der Waals surface area (Å²) < 4.78 is 6.02. The maximum atomic E-state index is 12.4. The van der Waals surface area contributed by atoms with Crippen LogP contribution in [0.15, 0.2) is 42.5 Å². The Labute approximate surface area is 165 Å². The second kappa shape index (κ2) is 7.19. The van der Waals surface area contributed by atoms with Crippen molar-refractivity contribution in [3.05, 3.63) is 62.7 Å². The lowest BCUT2D eigenvalue weighted by atomic mass is 9.80. The Balaban J connectivity index is 1.68. The van der Waals surface area contributed by atoms with Gasteiger partial charge in [0.05, 0.1) is 5.56 Å². The Morgan fingerprint density at radius 1 is 1.19 bits per heavy atom. The van der Waals surface area contributed by atoms with Crippen molar-refractivity contribution in [2.24, 2.45) is 0 Å². The SMILES string of the molecule is CC(C)(CC(=O)C(=O)Nc1ccc2c(c1)COC2=O)c1cccc(I)c1. The van der Waals surface area contributed by atoms with Gasteiger partial charge in [-0.25, -0.2) is 4.79 Å². The molecular weight excluding hydrogens is 445 g/mol. The van der Waals surface area contributed by atoms with Crippen LogP contribution >= 0.6 is 22.6 Å². The van der Waals surface area contributed by atoms with Crippen LogP contribution in [0, 0.1) is 3.57 Å². The standard InChI is InChI=1S/C20H18INO4/c1-20(2,13-4-3-5-14(21)9-13)10-17(23)18(24)22-15-6-7-16-12(8-15)11-26-19(16)25/h3-9H,10-11H2,1-2H3,(H,22,24). The quantitative estimate of drug-likeness (QED) is 0.416. The highest BCUT2D eigenvalue weighted by atomic mass is 127. The summed E-state index contributed by atoms with van der Waals surface area (Å²) in [5.41, 5.74) is 2.24. The van der Waals surface area contributed by atoms with Crippen LogP contribution in [0.3, 0.4) is 0 Å². The molecule has 0 saturated heterocycles. The molecule has 0 bridgehead atoms. The molecule has 0 fully saturated rings. The first-order chi connectivity index (χ1) is 12.3. The van der Waals surface area contributed by atoms with Crippen LogP contribution in [0.1, 0.15) is 41.8 Å². The molecule has 0 radical (unpaired) electrons. The van der Waals surface area contributed by atoms with Crippen molar-refractivity contribution in [3.8, 4) is 0 Å². The molecule has 1 amide bonds. The van der Waals surface area contributed by atoms with E-state index in [0.717, 1.165) is 9.13 Å². The van der Waals surface area contributed by atoms with Crippen molar-refractivity contribution in [1.82, 2.24) is 0 Å². The second-order valence-electron chi connectivity index (χ2n) is 6.90. The highest BCUT2D eigenvalue weighted by Crippen LogP contribution is 2.29. The normalized spacial score (nSPS) is 13.1. The monoisotopic (exact) mass is 463 g/mol. The van der Waals surface area contributed by atoms with Gasteiger partial charge in [-0.05, 0) is 63.9 Å². The predicted molar refractivity (Wildman–Crippen MR) is 106 cm³/mol. The van der Waals surface area contributed by atoms with Gasteiger partial charge in [0.15, 0.2) is 0 Å². The molecule has 1 N–H and O–H groups in total. The molecule has 0 unspecified atom stereocenters. The minimum Gasteiger partial charge on any atom is -0.457 e. The zero-order valence-corrected chi connectivity index (χ0v) is 16.6. The van der Waals surface area contributed by atoms with Gasteiger partial charge in [-0.1, -0.05) is 26.0 Å². The lowest BCUT2D eigenvalue weighted by molar-refractivity contribution is -0.135. The van der Waals surface area contributed by atoms with Crippen LogP contribution < -0.4 is 5.32 Å². The summed E-state index contributed by atoms with van der Waals surface area (Å²) in [5.74, 6) is -1.51. The Bertz CT molecular complexity index is 904. The number of anilines is 1. The number of ketones is 1. The summed E-state index contributed by atoms with van der Waals surface area (Å²) >= 11 is 2.22. The zero-order valence-electron chi connectivity index (χ0n) is 14.5. The fourth-order valence-corrected chi connectivity index (χ4v) is 3.45. The van der Waals surface area contributed by atoms with Crippen molar-refractivity contribution in [2.75, 3.05) is 5.32 Å². The number of amides is 1. The van der Waals surface area contributed by atoms with Crippen molar-refractivity contribution in [2.45, 2.75) is 32.3 Å². The molecule has 1 aliphatic rings. The van der Waals surface area contributed by atoms with E-state index in [-0.39, 0.29) is 19.0 Å². The third kappa shape index (κ3) is 3.95. The fourth-order valence-electron chi connectivity index (χ4n) is 2.91. The molecule has 1 aliphatic heterocycles. The average Bonchev–Trinajstić information content (AvgIpc) is 2.95. The molecule has 1 heterocycles. The van der Waals surface area contributed by atoms with Crippen LogP contribution in [0.25, 0.3) is 0 Å². The highest BCUT2D eigenvalue weighted by molar-refractivity contribution is 14.1. The number of hydrogen-bond acceptors (Lipinski definition) is 4. The summed E-state index contributed by atoms with van der Waals surface area (Å²) in [6, 6.07) is 12.8. The first-order valence-electron chi connectivity index (χ1n) is 8.16. The van der Waals surface area contributed by atoms with E-state index in [0.29, 0.717) is 16.8 Å². The van der Waals surface area contributed by atoms with Gasteiger partial charge in [-0.2, -0.15) is 0 Å². The van der Waals surface area contributed by atoms with Gasteiger partial charge in [-0.3, -0.25) is 9.59 Å². The molecule has 0 spiro atoms. The molecule has 2 aromatic rings. The number of Topliss-reactive ketones (excluding diaryl/α,β-unsaturated/α-hetero) is 1. The minimum absolute atomic E-state index is 0.103. The molecule has 0 saturated carbocycles. The van der Waals surface area contributed by atoms with Gasteiger partial charge in [0.2, 0.25) is 5.78 Å². The molecule has 0 aromatic heterocycles. The summed E-state index contributed by atoms with van der Waals surface area (Å²) in [6.45, 7) is 4.08. The van der Waals surface area contributed by atoms with E-state index in [2.05, 4.69) is 27.9 Å². The van der Waals surface area contributed by atoms with Crippen LogP contribution in [-0.2, 0) is 26.3 Å². The molecule has 6 heteroatoms. The maximum absolute atomic E-state index is 12.4. The largest absolute Gasteiger partial charge is 0.457 e. The number of benzene rings is 2. The second-order valence-corrected chi connectivity index (χ2v) is 8.14. The number of hydrogen-bond donors (Lipinski definition) is 1. The molecule has 2 aromatic carbocycles. The van der Waals surface area contributed by atoms with E-state index in [1.165, 1.54) is 0 Å². The van der Waals surface area contributed by atoms with Crippen LogP contribution in [-0.4, -0.2) is 17.7 Å². The number of carbonyl (C=O) groups is 3. The third-order valence-corrected chi connectivity index (χ3v) is 5.07. The van der Waals surface area contributed by atoms with Crippen LogP contribution in [0.2, 0.25) is 0 Å². The van der Waals surface area contributed by atoms with Gasteiger partial charge in [0.1, 0.15) is 6.61 Å². The number of cyclic esters (lactones) is 1. The Kier molecular flexibility index (Phi) is 5.13.